The lowest BCUT2D eigenvalue weighted by Crippen LogP contribution is -2.21. The van der Waals surface area contributed by atoms with Crippen LogP contribution in [0.4, 0.5) is 0 Å². The molecule has 114 valence electrons. The molecule has 1 aromatic rings. The average Bonchev–Trinajstić information content (AvgIpc) is 2.32. The fourth-order valence-corrected chi connectivity index (χ4v) is 3.07. The van der Waals surface area contributed by atoms with Gasteiger partial charge in [0.2, 0.25) is 0 Å². The van der Waals surface area contributed by atoms with Gasteiger partial charge in [-0.2, -0.15) is 0 Å². The predicted octanol–water partition coefficient (Wildman–Crippen LogP) is 1.18. The van der Waals surface area contributed by atoms with Gasteiger partial charge in [0.05, 0.1) is 10.6 Å². The van der Waals surface area contributed by atoms with Crippen LogP contribution in [0.2, 0.25) is 0 Å². The van der Waals surface area contributed by atoms with Gasteiger partial charge >= 0.3 is 0 Å². The quantitative estimate of drug-likeness (QED) is 0.763. The molecule has 0 amide bonds. The molecule has 1 atom stereocenters. The molecule has 0 aliphatic heterocycles. The van der Waals surface area contributed by atoms with Gasteiger partial charge in [-0.15, -0.1) is 0 Å². The molecule has 0 spiro atoms. The van der Waals surface area contributed by atoms with Crippen LogP contribution in [0.3, 0.4) is 0 Å². The fourth-order valence-electron chi connectivity index (χ4n) is 1.77. The minimum atomic E-state index is -3.17. The molecule has 0 bridgehead atoms. The monoisotopic (exact) mass is 319 g/mol. The molecule has 0 aromatic heterocycles. The molecule has 1 aromatic carbocycles. The second-order valence-corrected chi connectivity index (χ2v) is 9.28. The van der Waals surface area contributed by atoms with Crippen molar-refractivity contribution in [2.24, 2.45) is 0 Å². The van der Waals surface area contributed by atoms with Crippen LogP contribution >= 0.6 is 0 Å². The van der Waals surface area contributed by atoms with Gasteiger partial charge in [0, 0.05) is 18.6 Å². The highest BCUT2D eigenvalue weighted by atomic mass is 32.2. The summed E-state index contributed by atoms with van der Waals surface area (Å²) in [7, 11) is -6.09. The van der Waals surface area contributed by atoms with Crippen LogP contribution in [-0.2, 0) is 19.7 Å². The van der Waals surface area contributed by atoms with Gasteiger partial charge in [0.1, 0.15) is 9.84 Å². The molecule has 0 fully saturated rings. The Hall–Kier alpha value is -0.920. The maximum atomic E-state index is 11.3. The van der Waals surface area contributed by atoms with Crippen LogP contribution in [0.5, 0.6) is 0 Å². The third-order valence-corrected chi connectivity index (χ3v) is 5.11. The number of sulfone groups is 2. The van der Waals surface area contributed by atoms with E-state index in [2.05, 4.69) is 5.32 Å². The SMILES string of the molecule is CC(NCCCS(C)(=O)=O)c1ccc(S(C)(=O)=O)cc1. The first-order valence-corrected chi connectivity index (χ1v) is 10.3. The molecule has 0 radical (unpaired) electrons. The summed E-state index contributed by atoms with van der Waals surface area (Å²) in [6, 6.07) is 6.75. The molecule has 0 heterocycles. The van der Waals surface area contributed by atoms with Crippen molar-refractivity contribution in [2.75, 3.05) is 24.8 Å². The van der Waals surface area contributed by atoms with Gasteiger partial charge in [0.15, 0.2) is 9.84 Å². The summed E-state index contributed by atoms with van der Waals surface area (Å²) in [5.41, 5.74) is 0.969. The average molecular weight is 319 g/mol. The summed E-state index contributed by atoms with van der Waals surface area (Å²) < 4.78 is 44.7. The lowest BCUT2D eigenvalue weighted by atomic mass is 10.1. The molecule has 1 N–H and O–H groups in total. The van der Waals surface area contributed by atoms with E-state index >= 15 is 0 Å². The first kappa shape index (κ1) is 17.1. The van der Waals surface area contributed by atoms with E-state index < -0.39 is 19.7 Å². The summed E-state index contributed by atoms with van der Waals surface area (Å²) in [4.78, 5) is 0.297. The van der Waals surface area contributed by atoms with Crippen molar-refractivity contribution in [1.82, 2.24) is 5.32 Å². The van der Waals surface area contributed by atoms with Crippen molar-refractivity contribution < 1.29 is 16.8 Å². The highest BCUT2D eigenvalue weighted by molar-refractivity contribution is 7.90. The van der Waals surface area contributed by atoms with Crippen LogP contribution in [0.1, 0.15) is 24.9 Å². The number of hydrogen-bond acceptors (Lipinski definition) is 5. The smallest absolute Gasteiger partial charge is 0.175 e. The van der Waals surface area contributed by atoms with Crippen molar-refractivity contribution >= 4 is 19.7 Å². The van der Waals surface area contributed by atoms with Crippen LogP contribution in [0, 0.1) is 0 Å². The Morgan fingerprint density at radius 2 is 1.60 bits per heavy atom. The number of rotatable bonds is 7. The van der Waals surface area contributed by atoms with E-state index in [1.54, 1.807) is 24.3 Å². The molecule has 7 heteroatoms. The molecule has 5 nitrogen and oxygen atoms in total. The topological polar surface area (TPSA) is 80.3 Å². The molecule has 0 saturated carbocycles. The minimum absolute atomic E-state index is 0.0446. The Morgan fingerprint density at radius 3 is 2.05 bits per heavy atom. The minimum Gasteiger partial charge on any atom is -0.310 e. The van der Waals surface area contributed by atoms with Gasteiger partial charge < -0.3 is 5.32 Å². The fraction of sp³-hybridized carbons (Fsp3) is 0.538. The van der Waals surface area contributed by atoms with Crippen LogP contribution in [-0.4, -0.2) is 41.6 Å². The van der Waals surface area contributed by atoms with Gasteiger partial charge in [-0.3, -0.25) is 0 Å². The summed E-state index contributed by atoms with van der Waals surface area (Å²) >= 11 is 0. The summed E-state index contributed by atoms with van der Waals surface area (Å²) in [6.07, 6.45) is 2.96. The first-order chi connectivity index (χ1) is 9.09. The Morgan fingerprint density at radius 1 is 1.05 bits per heavy atom. The predicted molar refractivity (Wildman–Crippen MR) is 80.3 cm³/mol. The van der Waals surface area contributed by atoms with E-state index in [1.807, 2.05) is 6.92 Å². The van der Waals surface area contributed by atoms with E-state index in [0.29, 0.717) is 17.9 Å². The van der Waals surface area contributed by atoms with E-state index in [4.69, 9.17) is 0 Å². The normalized spacial score (nSPS) is 14.2. The van der Waals surface area contributed by atoms with Crippen LogP contribution in [0.15, 0.2) is 29.2 Å². The van der Waals surface area contributed by atoms with Gasteiger partial charge in [-0.05, 0) is 37.6 Å². The van der Waals surface area contributed by atoms with Crippen molar-refractivity contribution in [2.45, 2.75) is 24.3 Å². The van der Waals surface area contributed by atoms with Gasteiger partial charge in [-0.25, -0.2) is 16.8 Å². The Labute approximate surface area is 121 Å². The highest BCUT2D eigenvalue weighted by Crippen LogP contribution is 2.16. The molecule has 0 aliphatic carbocycles. The molecule has 0 saturated heterocycles. The molecular formula is C13H21NO4S2. The molecule has 20 heavy (non-hydrogen) atoms. The van der Waals surface area contributed by atoms with Crippen molar-refractivity contribution in [3.8, 4) is 0 Å². The molecule has 1 unspecified atom stereocenters. The maximum Gasteiger partial charge on any atom is 0.175 e. The third kappa shape index (κ3) is 6.02. The third-order valence-electron chi connectivity index (χ3n) is 2.95. The Kier molecular flexibility index (Phi) is 5.73. The maximum absolute atomic E-state index is 11.3. The van der Waals surface area contributed by atoms with Gasteiger partial charge in [0.25, 0.3) is 0 Å². The van der Waals surface area contributed by atoms with E-state index in [0.717, 1.165) is 5.56 Å². The summed E-state index contributed by atoms with van der Waals surface area (Å²) in [5.74, 6) is 0.166. The lowest BCUT2D eigenvalue weighted by Gasteiger charge is -2.14. The summed E-state index contributed by atoms with van der Waals surface area (Å²) in [5, 5.41) is 3.22. The Bertz CT molecular complexity index is 633. The van der Waals surface area contributed by atoms with Crippen LogP contribution in [0.25, 0.3) is 0 Å². The van der Waals surface area contributed by atoms with Crippen molar-refractivity contribution in [3.63, 3.8) is 0 Å². The number of benzene rings is 1. The van der Waals surface area contributed by atoms with Crippen LogP contribution < -0.4 is 5.32 Å². The first-order valence-electron chi connectivity index (χ1n) is 6.31. The zero-order valence-corrected chi connectivity index (χ0v) is 13.6. The van der Waals surface area contributed by atoms with E-state index in [1.165, 1.54) is 12.5 Å². The zero-order chi connectivity index (χ0) is 15.4. The van der Waals surface area contributed by atoms with Crippen molar-refractivity contribution in [3.05, 3.63) is 29.8 Å². The lowest BCUT2D eigenvalue weighted by molar-refractivity contribution is 0.561. The second kappa shape index (κ2) is 6.69. The zero-order valence-electron chi connectivity index (χ0n) is 12.0. The summed E-state index contributed by atoms with van der Waals surface area (Å²) in [6.45, 7) is 2.55. The largest absolute Gasteiger partial charge is 0.310 e. The van der Waals surface area contributed by atoms with Crippen molar-refractivity contribution in [1.29, 1.82) is 0 Å². The van der Waals surface area contributed by atoms with E-state index in [-0.39, 0.29) is 11.8 Å². The highest BCUT2D eigenvalue weighted by Gasteiger charge is 2.09. The number of hydrogen-bond donors (Lipinski definition) is 1. The molecule has 0 aliphatic rings. The molecule has 1 rings (SSSR count). The molecular weight excluding hydrogens is 298 g/mol. The van der Waals surface area contributed by atoms with Gasteiger partial charge in [-0.1, -0.05) is 12.1 Å². The standard InChI is InChI=1S/C13H21NO4S2/c1-11(14-9-4-10-19(2,15)16)12-5-7-13(8-6-12)20(3,17)18/h5-8,11,14H,4,9-10H2,1-3H3. The van der Waals surface area contributed by atoms with E-state index in [9.17, 15) is 16.8 Å². The Balaban J connectivity index is 2.54. The number of nitrogens with one attached hydrogen (secondary N) is 1. The second-order valence-electron chi connectivity index (χ2n) is 5.00.